The minimum atomic E-state index is 0.639. The second kappa shape index (κ2) is 35.3. The Kier molecular flexibility index (Phi) is 20.5. The van der Waals surface area contributed by atoms with Gasteiger partial charge in [-0.05, 0) is 140 Å². The highest BCUT2D eigenvalue weighted by Crippen LogP contribution is 2.46. The molecule has 0 aliphatic rings. The van der Waals surface area contributed by atoms with Crippen LogP contribution in [0, 0.1) is 0 Å². The number of rotatable bonds is 14. The predicted octanol–water partition coefficient (Wildman–Crippen LogP) is 32.0. The van der Waals surface area contributed by atoms with Crippen molar-refractivity contribution in [2.24, 2.45) is 0 Å². The first-order chi connectivity index (χ1) is 71.4. The lowest BCUT2D eigenvalue weighted by atomic mass is 10.1. The summed E-state index contributed by atoms with van der Waals surface area (Å²) in [5.41, 5.74) is 27.3. The summed E-state index contributed by atoms with van der Waals surface area (Å²) in [7, 11) is 0. The van der Waals surface area contributed by atoms with Gasteiger partial charge in [-0.3, -0.25) is 0 Å². The lowest BCUT2D eigenvalue weighted by Gasteiger charge is -2.12. The molecule has 0 bridgehead atoms. The van der Waals surface area contributed by atoms with Crippen LogP contribution in [0.2, 0.25) is 0 Å². The lowest BCUT2D eigenvalue weighted by molar-refractivity contribution is 0.669. The molecule has 144 heavy (non-hydrogen) atoms. The van der Waals surface area contributed by atoms with Crippen molar-refractivity contribution in [3.8, 4) is 131 Å². The predicted molar refractivity (Wildman–Crippen MR) is 587 cm³/mol. The van der Waals surface area contributed by atoms with Crippen LogP contribution >= 0.6 is 0 Å². The SMILES string of the molecule is c1ccc(-c2nc(-c3ccccc3)nc(-c3ccc(-n4c5ccccc5c5ccc(-n6c7ccccc7c7ccccc76)cc54)cc3)n2)cc1.c1ccc(-c2nc(-c3ccccc3)nc(-c3cccc4c3c3ccccc3n4-c3ccc4c(c3)c3ccccc3n4-c3ccccc3)n2)cc1.c1ccc(-c2nc(-c3ccccc3)nc(-c3cccc4c3c3ccccc3n4-c3ccc4oc5ccccc5c4c3)n2)cc1. The summed E-state index contributed by atoms with van der Waals surface area (Å²) in [6.07, 6.45) is 0. The third-order valence-electron chi connectivity index (χ3n) is 27.4. The molecule has 0 saturated heterocycles. The molecule has 9 aromatic heterocycles. The van der Waals surface area contributed by atoms with E-state index in [0.717, 1.165) is 155 Å². The topological polar surface area (TPSA) is 154 Å². The zero-order valence-electron chi connectivity index (χ0n) is 77.5. The quantitative estimate of drug-likeness (QED) is 0.103. The Labute approximate surface area is 825 Å². The van der Waals surface area contributed by atoms with E-state index in [1.54, 1.807) is 0 Å². The third-order valence-corrected chi connectivity index (χ3v) is 27.4. The Bertz CT molecular complexity index is 9790. The zero-order chi connectivity index (χ0) is 95.1. The van der Waals surface area contributed by atoms with Gasteiger partial charge >= 0.3 is 0 Å². The summed E-state index contributed by atoms with van der Waals surface area (Å²) in [6, 6.07) is 173. The molecule has 0 fully saturated rings. The largest absolute Gasteiger partial charge is 0.456 e. The maximum Gasteiger partial charge on any atom is 0.164 e. The number of hydrogen-bond donors (Lipinski definition) is 0. The Hall–Kier alpha value is -19.8. The molecule has 15 heteroatoms. The highest BCUT2D eigenvalue weighted by molar-refractivity contribution is 6.19. The fourth-order valence-electron chi connectivity index (χ4n) is 20.9. The maximum absolute atomic E-state index is 6.14. The first-order valence-electron chi connectivity index (χ1n) is 48.2. The summed E-state index contributed by atoms with van der Waals surface area (Å²) in [4.78, 5) is 45.0. The molecule has 15 nitrogen and oxygen atoms in total. The van der Waals surface area contributed by atoms with Crippen molar-refractivity contribution in [2.45, 2.75) is 0 Å². The van der Waals surface area contributed by atoms with Gasteiger partial charge in [0, 0.05) is 143 Å². The van der Waals surface area contributed by atoms with Crippen LogP contribution in [0.15, 0.2) is 502 Å². The number of nitrogens with zero attached hydrogens (tertiary/aromatic N) is 14. The molecule has 20 aromatic carbocycles. The van der Waals surface area contributed by atoms with Gasteiger partial charge in [0.05, 0.1) is 55.2 Å². The van der Waals surface area contributed by atoms with E-state index in [1.807, 2.05) is 194 Å². The van der Waals surface area contributed by atoms with Crippen molar-refractivity contribution >= 4 is 131 Å². The van der Waals surface area contributed by atoms with E-state index in [-0.39, 0.29) is 0 Å². The van der Waals surface area contributed by atoms with Crippen molar-refractivity contribution in [1.82, 2.24) is 67.7 Å². The van der Waals surface area contributed by atoms with Gasteiger partial charge in [-0.1, -0.05) is 358 Å². The summed E-state index contributed by atoms with van der Waals surface area (Å²) in [6.45, 7) is 0. The molecule has 674 valence electrons. The minimum absolute atomic E-state index is 0.639. The highest BCUT2D eigenvalue weighted by atomic mass is 16.3. The first kappa shape index (κ1) is 83.6. The van der Waals surface area contributed by atoms with Crippen LogP contribution in [0.3, 0.4) is 0 Å². The summed E-state index contributed by atoms with van der Waals surface area (Å²) in [5.74, 6) is 5.82. The second-order valence-electron chi connectivity index (χ2n) is 35.9. The average molecular weight is 1840 g/mol. The van der Waals surface area contributed by atoms with Crippen LogP contribution in [0.4, 0.5) is 0 Å². The van der Waals surface area contributed by atoms with Gasteiger partial charge in [0.2, 0.25) is 0 Å². The van der Waals surface area contributed by atoms with Crippen LogP contribution in [0.1, 0.15) is 0 Å². The number of para-hydroxylation sites is 8. The van der Waals surface area contributed by atoms with Crippen molar-refractivity contribution in [3.05, 3.63) is 497 Å². The second-order valence-corrected chi connectivity index (χ2v) is 35.9. The van der Waals surface area contributed by atoms with Crippen molar-refractivity contribution < 1.29 is 4.42 Å². The van der Waals surface area contributed by atoms with E-state index in [0.29, 0.717) is 52.4 Å². The number of furan rings is 1. The van der Waals surface area contributed by atoms with Crippen LogP contribution in [0.5, 0.6) is 0 Å². The number of aromatic nitrogens is 14. The third kappa shape index (κ3) is 14.6. The normalized spacial score (nSPS) is 11.6. The highest BCUT2D eigenvalue weighted by Gasteiger charge is 2.27. The van der Waals surface area contributed by atoms with Crippen molar-refractivity contribution in [3.63, 3.8) is 0 Å². The molecule has 9 heterocycles. The van der Waals surface area contributed by atoms with Gasteiger partial charge < -0.3 is 27.3 Å². The minimum Gasteiger partial charge on any atom is -0.456 e. The van der Waals surface area contributed by atoms with Crippen LogP contribution < -0.4 is 0 Å². The average Bonchev–Trinajstić information content (AvgIpc) is 1.57. The molecule has 0 radical (unpaired) electrons. The Morgan fingerprint density at radius 3 is 0.778 bits per heavy atom. The lowest BCUT2D eigenvalue weighted by Crippen LogP contribution is -2.00. The van der Waals surface area contributed by atoms with E-state index in [1.165, 1.54) is 54.4 Å². The standard InChI is InChI=1S/2C45H29N5.C39H24N4O/c1-4-15-30(16-5-1)43-46-44(31-17-6-2-7-18-31)48-45(47-43)36-23-14-26-41-42(36)35-22-11-13-25-39(35)50(41)33-27-28-40-37(29-33)34-21-10-12-24-38(34)49(40)32-19-8-3-9-20-32;1-3-13-30(14-4-1)43-46-44(31-15-5-2-6-16-31)48-45(47-43)32-23-25-33(26-24-32)49-39-20-10-9-19-37(39)38-28-27-34(29-42(38)49)50-40-21-11-7-17-35(40)36-18-8-12-22-41(36)50;1-3-12-25(13-4-1)37-40-38(26-14-5-2-6-15-26)42-39(41-37)30-18-11-20-33-36(30)29-17-7-9-19-32(29)43(33)27-22-23-35-31(24-27)28-16-8-10-21-34(28)44-35/h2*1-29H;1-24H. The fraction of sp³-hybridized carbons (Fsp3) is 0. The molecule has 0 N–H and O–H groups in total. The number of fused-ring (bicyclic) bond motifs is 18. The molecular formula is C129H82N14O. The van der Waals surface area contributed by atoms with Gasteiger partial charge in [-0.2, -0.15) is 0 Å². The summed E-state index contributed by atoms with van der Waals surface area (Å²) >= 11 is 0. The molecular weight excluding hydrogens is 1760 g/mol. The summed E-state index contributed by atoms with van der Waals surface area (Å²) in [5, 5.41) is 14.1. The Morgan fingerprint density at radius 1 is 0.132 bits per heavy atom. The zero-order valence-corrected chi connectivity index (χ0v) is 77.5. The van der Waals surface area contributed by atoms with Crippen LogP contribution in [0.25, 0.3) is 262 Å². The van der Waals surface area contributed by atoms with Gasteiger partial charge in [-0.15, -0.1) is 0 Å². The van der Waals surface area contributed by atoms with Crippen LogP contribution in [-0.4, -0.2) is 67.7 Å². The molecule has 0 amide bonds. The summed E-state index contributed by atoms with van der Waals surface area (Å²) < 4.78 is 17.9. The molecule has 0 atom stereocenters. The molecule has 29 rings (SSSR count). The van der Waals surface area contributed by atoms with Gasteiger partial charge in [0.15, 0.2) is 52.4 Å². The number of hydrogen-bond acceptors (Lipinski definition) is 10. The van der Waals surface area contributed by atoms with E-state index in [9.17, 15) is 0 Å². The van der Waals surface area contributed by atoms with Gasteiger partial charge in [0.25, 0.3) is 0 Å². The van der Waals surface area contributed by atoms with Gasteiger partial charge in [-0.25, -0.2) is 44.9 Å². The van der Waals surface area contributed by atoms with E-state index in [4.69, 9.17) is 49.3 Å². The monoisotopic (exact) mass is 1840 g/mol. The Morgan fingerprint density at radius 2 is 0.375 bits per heavy atom. The molecule has 0 aliphatic carbocycles. The molecule has 0 aliphatic heterocycles. The molecule has 29 aromatic rings. The molecule has 0 unspecified atom stereocenters. The molecule has 0 saturated carbocycles. The maximum atomic E-state index is 6.14. The fourth-order valence-corrected chi connectivity index (χ4v) is 20.9. The van der Waals surface area contributed by atoms with Crippen molar-refractivity contribution in [1.29, 1.82) is 0 Å². The van der Waals surface area contributed by atoms with E-state index in [2.05, 4.69) is 326 Å². The van der Waals surface area contributed by atoms with E-state index >= 15 is 0 Å². The van der Waals surface area contributed by atoms with Crippen LogP contribution in [-0.2, 0) is 0 Å². The van der Waals surface area contributed by atoms with E-state index < -0.39 is 0 Å². The van der Waals surface area contributed by atoms with Crippen molar-refractivity contribution in [2.75, 3.05) is 0 Å². The molecule has 0 spiro atoms. The smallest absolute Gasteiger partial charge is 0.164 e. The van der Waals surface area contributed by atoms with Gasteiger partial charge in [0.1, 0.15) is 11.2 Å². The Balaban J connectivity index is 0.000000108. The first-order valence-corrected chi connectivity index (χ1v) is 48.2. The number of benzene rings is 20.